The van der Waals surface area contributed by atoms with Gasteiger partial charge in [0.15, 0.2) is 5.96 Å². The molecule has 0 amide bonds. The van der Waals surface area contributed by atoms with Crippen LogP contribution < -0.4 is 11.5 Å². The minimum Gasteiger partial charge on any atom is -0.393 e. The molecular weight excluding hydrogens is 142 g/mol. The summed E-state index contributed by atoms with van der Waals surface area (Å²) in [6.45, 7) is 0. The first-order chi connectivity index (χ1) is 5.18. The second-order valence-electron chi connectivity index (χ2n) is 3.03. The SMILES string of the molecule is NC(N)=NC1CCCC(O)C1. The Hall–Kier alpha value is -0.770. The van der Waals surface area contributed by atoms with E-state index in [0.717, 1.165) is 19.3 Å². The number of guanidine groups is 1. The molecule has 64 valence electrons. The topological polar surface area (TPSA) is 84.6 Å². The van der Waals surface area contributed by atoms with Gasteiger partial charge >= 0.3 is 0 Å². The second kappa shape index (κ2) is 3.57. The maximum absolute atomic E-state index is 9.24. The van der Waals surface area contributed by atoms with Crippen LogP contribution in [-0.2, 0) is 0 Å². The summed E-state index contributed by atoms with van der Waals surface area (Å²) in [5.74, 6) is 0.129. The predicted molar refractivity (Wildman–Crippen MR) is 44.1 cm³/mol. The van der Waals surface area contributed by atoms with Crippen molar-refractivity contribution in [3.63, 3.8) is 0 Å². The van der Waals surface area contributed by atoms with Gasteiger partial charge < -0.3 is 16.6 Å². The van der Waals surface area contributed by atoms with Crippen LogP contribution >= 0.6 is 0 Å². The van der Waals surface area contributed by atoms with E-state index >= 15 is 0 Å². The predicted octanol–water partition coefficient (Wildman–Crippen LogP) is -0.437. The first kappa shape index (κ1) is 8.33. The van der Waals surface area contributed by atoms with E-state index in [1.807, 2.05) is 0 Å². The van der Waals surface area contributed by atoms with Crippen molar-refractivity contribution in [3.05, 3.63) is 0 Å². The standard InChI is InChI=1S/C7H15N3O/c8-7(9)10-5-2-1-3-6(11)4-5/h5-6,11H,1-4H2,(H4,8,9,10). The van der Waals surface area contributed by atoms with Gasteiger partial charge in [-0.15, -0.1) is 0 Å². The molecule has 0 radical (unpaired) electrons. The molecule has 0 aromatic rings. The van der Waals surface area contributed by atoms with Crippen LogP contribution in [0.15, 0.2) is 4.99 Å². The fraction of sp³-hybridized carbons (Fsp3) is 0.857. The summed E-state index contributed by atoms with van der Waals surface area (Å²) in [6, 6.07) is 0.142. The molecule has 4 heteroatoms. The van der Waals surface area contributed by atoms with Gasteiger partial charge in [-0.2, -0.15) is 0 Å². The number of aliphatic imine (C=N–C) groups is 1. The largest absolute Gasteiger partial charge is 0.393 e. The Labute approximate surface area is 66.3 Å². The number of aliphatic hydroxyl groups excluding tert-OH is 1. The number of aliphatic hydroxyl groups is 1. The molecule has 1 fully saturated rings. The van der Waals surface area contributed by atoms with Crippen molar-refractivity contribution >= 4 is 5.96 Å². The van der Waals surface area contributed by atoms with Gasteiger partial charge in [0.2, 0.25) is 0 Å². The Morgan fingerprint density at radius 3 is 2.64 bits per heavy atom. The van der Waals surface area contributed by atoms with Crippen molar-refractivity contribution in [2.45, 2.75) is 37.8 Å². The van der Waals surface area contributed by atoms with Crippen LogP contribution in [0.3, 0.4) is 0 Å². The normalized spacial score (nSPS) is 31.4. The van der Waals surface area contributed by atoms with Crippen LogP contribution in [0.25, 0.3) is 0 Å². The summed E-state index contributed by atoms with van der Waals surface area (Å²) in [5.41, 5.74) is 10.4. The number of hydrogen-bond donors (Lipinski definition) is 3. The lowest BCUT2D eigenvalue weighted by molar-refractivity contribution is 0.121. The van der Waals surface area contributed by atoms with Crippen LogP contribution in [0.1, 0.15) is 25.7 Å². The van der Waals surface area contributed by atoms with Crippen molar-refractivity contribution in [1.82, 2.24) is 0 Å². The van der Waals surface area contributed by atoms with Crippen LogP contribution in [-0.4, -0.2) is 23.2 Å². The lowest BCUT2D eigenvalue weighted by atomic mass is 9.93. The Morgan fingerprint density at radius 2 is 2.09 bits per heavy atom. The van der Waals surface area contributed by atoms with Gasteiger partial charge in [0, 0.05) is 0 Å². The number of nitrogens with zero attached hydrogens (tertiary/aromatic N) is 1. The molecule has 0 heterocycles. The van der Waals surface area contributed by atoms with E-state index in [-0.39, 0.29) is 18.1 Å². The zero-order valence-corrected chi connectivity index (χ0v) is 6.53. The summed E-state index contributed by atoms with van der Waals surface area (Å²) >= 11 is 0. The summed E-state index contributed by atoms with van der Waals surface area (Å²) in [4.78, 5) is 4.00. The molecule has 1 aliphatic carbocycles. The molecule has 4 nitrogen and oxygen atoms in total. The van der Waals surface area contributed by atoms with E-state index in [1.54, 1.807) is 0 Å². The molecule has 0 aromatic heterocycles. The summed E-state index contributed by atoms with van der Waals surface area (Å²) < 4.78 is 0. The summed E-state index contributed by atoms with van der Waals surface area (Å²) in [6.07, 6.45) is 3.39. The third-order valence-electron chi connectivity index (χ3n) is 1.95. The molecule has 2 atom stereocenters. The van der Waals surface area contributed by atoms with Crippen molar-refractivity contribution in [2.24, 2.45) is 16.5 Å². The van der Waals surface area contributed by atoms with Gasteiger partial charge in [0.05, 0.1) is 12.1 Å². The van der Waals surface area contributed by atoms with E-state index in [1.165, 1.54) is 0 Å². The molecule has 5 N–H and O–H groups in total. The third kappa shape index (κ3) is 2.76. The molecule has 11 heavy (non-hydrogen) atoms. The first-order valence-corrected chi connectivity index (χ1v) is 3.95. The van der Waals surface area contributed by atoms with Gasteiger partial charge in [-0.25, -0.2) is 0 Å². The fourth-order valence-electron chi connectivity index (χ4n) is 1.47. The van der Waals surface area contributed by atoms with Crippen molar-refractivity contribution in [2.75, 3.05) is 0 Å². The second-order valence-corrected chi connectivity index (χ2v) is 3.03. The number of rotatable bonds is 1. The highest BCUT2D eigenvalue weighted by atomic mass is 16.3. The molecule has 0 aromatic carbocycles. The van der Waals surface area contributed by atoms with Gasteiger partial charge in [-0.3, -0.25) is 4.99 Å². The molecule has 1 aliphatic rings. The van der Waals surface area contributed by atoms with Gasteiger partial charge in [-0.05, 0) is 25.7 Å². The van der Waals surface area contributed by atoms with Crippen molar-refractivity contribution < 1.29 is 5.11 Å². The number of hydrogen-bond acceptors (Lipinski definition) is 2. The van der Waals surface area contributed by atoms with Crippen molar-refractivity contribution in [1.29, 1.82) is 0 Å². The van der Waals surface area contributed by atoms with Crippen LogP contribution in [0.4, 0.5) is 0 Å². The van der Waals surface area contributed by atoms with Crippen LogP contribution in [0.2, 0.25) is 0 Å². The molecule has 1 rings (SSSR count). The Balaban J connectivity index is 2.40. The highest BCUT2D eigenvalue weighted by Gasteiger charge is 2.18. The van der Waals surface area contributed by atoms with Crippen LogP contribution in [0.5, 0.6) is 0 Å². The molecule has 0 aliphatic heterocycles. The Morgan fingerprint density at radius 1 is 1.36 bits per heavy atom. The van der Waals surface area contributed by atoms with Gasteiger partial charge in [-0.1, -0.05) is 0 Å². The first-order valence-electron chi connectivity index (χ1n) is 3.95. The van der Waals surface area contributed by atoms with E-state index in [2.05, 4.69) is 4.99 Å². The molecule has 1 saturated carbocycles. The third-order valence-corrected chi connectivity index (χ3v) is 1.95. The molecular formula is C7H15N3O. The highest BCUT2D eigenvalue weighted by Crippen LogP contribution is 2.20. The fourth-order valence-corrected chi connectivity index (χ4v) is 1.47. The molecule has 0 bridgehead atoms. The lowest BCUT2D eigenvalue weighted by Gasteiger charge is -2.22. The smallest absolute Gasteiger partial charge is 0.186 e. The maximum Gasteiger partial charge on any atom is 0.186 e. The Kier molecular flexibility index (Phi) is 2.70. The van der Waals surface area contributed by atoms with E-state index in [9.17, 15) is 5.11 Å². The minimum atomic E-state index is -0.211. The zero-order valence-electron chi connectivity index (χ0n) is 6.53. The van der Waals surface area contributed by atoms with E-state index in [0.29, 0.717) is 6.42 Å². The minimum absolute atomic E-state index is 0.129. The van der Waals surface area contributed by atoms with Crippen molar-refractivity contribution in [3.8, 4) is 0 Å². The quantitative estimate of drug-likeness (QED) is 0.356. The lowest BCUT2D eigenvalue weighted by Crippen LogP contribution is -2.29. The van der Waals surface area contributed by atoms with E-state index in [4.69, 9.17) is 11.5 Å². The summed E-state index contributed by atoms with van der Waals surface area (Å²) in [7, 11) is 0. The average molecular weight is 157 g/mol. The monoisotopic (exact) mass is 157 g/mol. The van der Waals surface area contributed by atoms with Gasteiger partial charge in [0.1, 0.15) is 0 Å². The highest BCUT2D eigenvalue weighted by molar-refractivity contribution is 5.75. The van der Waals surface area contributed by atoms with E-state index < -0.39 is 0 Å². The molecule has 0 saturated heterocycles. The summed E-state index contributed by atoms with van der Waals surface area (Å²) in [5, 5.41) is 9.24. The zero-order chi connectivity index (χ0) is 8.27. The number of nitrogens with two attached hydrogens (primary N) is 2. The van der Waals surface area contributed by atoms with Crippen LogP contribution in [0, 0.1) is 0 Å². The average Bonchev–Trinajstić information content (AvgIpc) is 1.85. The maximum atomic E-state index is 9.24. The Bertz CT molecular complexity index is 154. The molecule has 2 unspecified atom stereocenters. The molecule has 0 spiro atoms. The van der Waals surface area contributed by atoms with Gasteiger partial charge in [0.25, 0.3) is 0 Å².